The van der Waals surface area contributed by atoms with Crippen LogP contribution < -0.4 is 5.32 Å². The second-order valence-electron chi connectivity index (χ2n) is 2.75. The smallest absolute Gasteiger partial charge is 0.295 e. The molecular weight excluding hydrogens is 159 g/mol. The van der Waals surface area contributed by atoms with Crippen LogP contribution in [-0.4, -0.2) is 36.4 Å². The van der Waals surface area contributed by atoms with Crippen LogP contribution in [0.3, 0.4) is 0 Å². The SMILES string of the molecule is OCC1(F)CCNCC1(F)F. The summed E-state index contributed by atoms with van der Waals surface area (Å²) >= 11 is 0. The molecule has 2 nitrogen and oxygen atoms in total. The number of hydrogen-bond donors (Lipinski definition) is 2. The zero-order chi connectivity index (χ0) is 8.54. The molecular formula is C6H10F3NO. The lowest BCUT2D eigenvalue weighted by Crippen LogP contribution is -2.58. The minimum Gasteiger partial charge on any atom is -0.393 e. The predicted molar refractivity (Wildman–Crippen MR) is 33.4 cm³/mol. The van der Waals surface area contributed by atoms with Gasteiger partial charge in [-0.15, -0.1) is 0 Å². The van der Waals surface area contributed by atoms with Crippen molar-refractivity contribution in [2.24, 2.45) is 0 Å². The first-order valence-electron chi connectivity index (χ1n) is 3.40. The summed E-state index contributed by atoms with van der Waals surface area (Å²) in [7, 11) is 0. The molecule has 5 heteroatoms. The van der Waals surface area contributed by atoms with E-state index in [0.29, 0.717) is 0 Å². The Morgan fingerprint density at radius 1 is 1.36 bits per heavy atom. The zero-order valence-corrected chi connectivity index (χ0v) is 5.91. The minimum absolute atomic E-state index is 0.187. The van der Waals surface area contributed by atoms with Crippen LogP contribution in [0.25, 0.3) is 0 Å². The van der Waals surface area contributed by atoms with Crippen LogP contribution >= 0.6 is 0 Å². The highest BCUT2D eigenvalue weighted by atomic mass is 19.3. The Bertz CT molecular complexity index is 153. The molecule has 0 spiro atoms. The summed E-state index contributed by atoms with van der Waals surface area (Å²) in [6, 6.07) is 0. The quantitative estimate of drug-likeness (QED) is 0.592. The van der Waals surface area contributed by atoms with Crippen molar-refractivity contribution in [3.05, 3.63) is 0 Å². The van der Waals surface area contributed by atoms with E-state index < -0.39 is 24.7 Å². The first-order chi connectivity index (χ1) is 5.02. The van der Waals surface area contributed by atoms with Crippen LogP contribution in [0.5, 0.6) is 0 Å². The van der Waals surface area contributed by atoms with Crippen molar-refractivity contribution >= 4 is 0 Å². The predicted octanol–water partition coefficient (Wildman–Crippen LogP) is 0.316. The number of hydrogen-bond acceptors (Lipinski definition) is 2. The fraction of sp³-hybridized carbons (Fsp3) is 1.00. The lowest BCUT2D eigenvalue weighted by atomic mass is 9.91. The van der Waals surface area contributed by atoms with E-state index in [-0.39, 0.29) is 13.0 Å². The summed E-state index contributed by atoms with van der Waals surface area (Å²) in [6.45, 7) is -1.61. The molecule has 0 radical (unpaired) electrons. The maximum absolute atomic E-state index is 13.0. The maximum atomic E-state index is 13.0. The van der Waals surface area contributed by atoms with Crippen LogP contribution in [-0.2, 0) is 0 Å². The third kappa shape index (κ3) is 1.35. The largest absolute Gasteiger partial charge is 0.393 e. The van der Waals surface area contributed by atoms with Crippen molar-refractivity contribution in [2.45, 2.75) is 18.0 Å². The Kier molecular flexibility index (Phi) is 2.11. The van der Waals surface area contributed by atoms with Crippen molar-refractivity contribution in [3.8, 4) is 0 Å². The summed E-state index contributed by atoms with van der Waals surface area (Å²) in [4.78, 5) is 0. The molecule has 2 N–H and O–H groups in total. The Balaban J connectivity index is 2.74. The molecule has 1 fully saturated rings. The van der Waals surface area contributed by atoms with Crippen molar-refractivity contribution in [1.29, 1.82) is 0 Å². The third-order valence-electron chi connectivity index (χ3n) is 1.95. The fourth-order valence-electron chi connectivity index (χ4n) is 1.07. The molecule has 1 aliphatic rings. The molecule has 1 aliphatic heterocycles. The third-order valence-corrected chi connectivity index (χ3v) is 1.95. The van der Waals surface area contributed by atoms with Gasteiger partial charge in [0.2, 0.25) is 0 Å². The monoisotopic (exact) mass is 169 g/mol. The zero-order valence-electron chi connectivity index (χ0n) is 5.91. The van der Waals surface area contributed by atoms with E-state index in [4.69, 9.17) is 5.11 Å². The molecule has 1 saturated heterocycles. The Hall–Kier alpha value is -0.290. The minimum atomic E-state index is -3.44. The van der Waals surface area contributed by atoms with Crippen molar-refractivity contribution < 1.29 is 18.3 Å². The van der Waals surface area contributed by atoms with E-state index in [1.807, 2.05) is 0 Å². The van der Waals surface area contributed by atoms with Gasteiger partial charge in [0.15, 0.2) is 5.67 Å². The van der Waals surface area contributed by atoms with Crippen LogP contribution in [0.4, 0.5) is 13.2 Å². The van der Waals surface area contributed by atoms with E-state index in [1.165, 1.54) is 0 Å². The van der Waals surface area contributed by atoms with Crippen LogP contribution in [0, 0.1) is 0 Å². The molecule has 0 aromatic carbocycles. The number of rotatable bonds is 1. The summed E-state index contributed by atoms with van der Waals surface area (Å²) in [5.41, 5.74) is -2.72. The summed E-state index contributed by atoms with van der Waals surface area (Å²) < 4.78 is 38.4. The second-order valence-corrected chi connectivity index (χ2v) is 2.75. The molecule has 66 valence electrons. The highest BCUT2D eigenvalue weighted by molar-refractivity contribution is 4.98. The van der Waals surface area contributed by atoms with Gasteiger partial charge in [-0.25, -0.2) is 13.2 Å². The highest BCUT2D eigenvalue weighted by Crippen LogP contribution is 2.36. The maximum Gasteiger partial charge on any atom is 0.295 e. The number of halogens is 3. The Morgan fingerprint density at radius 3 is 2.36 bits per heavy atom. The van der Waals surface area contributed by atoms with E-state index in [2.05, 4.69) is 5.32 Å². The number of aliphatic hydroxyl groups excluding tert-OH is 1. The molecule has 0 amide bonds. The van der Waals surface area contributed by atoms with E-state index in [9.17, 15) is 13.2 Å². The summed E-state index contributed by atoms with van der Waals surface area (Å²) in [6.07, 6.45) is -0.337. The summed E-state index contributed by atoms with van der Waals surface area (Å²) in [5, 5.41) is 10.8. The molecule has 0 aliphatic carbocycles. The first-order valence-corrected chi connectivity index (χ1v) is 3.40. The summed E-state index contributed by atoms with van der Waals surface area (Å²) in [5.74, 6) is -3.44. The van der Waals surface area contributed by atoms with E-state index in [1.54, 1.807) is 0 Å². The molecule has 0 saturated carbocycles. The van der Waals surface area contributed by atoms with Crippen LogP contribution in [0.15, 0.2) is 0 Å². The van der Waals surface area contributed by atoms with Gasteiger partial charge in [0, 0.05) is 6.42 Å². The van der Waals surface area contributed by atoms with Gasteiger partial charge in [-0.2, -0.15) is 0 Å². The molecule has 1 unspecified atom stereocenters. The topological polar surface area (TPSA) is 32.3 Å². The normalized spacial score (nSPS) is 37.1. The first kappa shape index (κ1) is 8.80. The lowest BCUT2D eigenvalue weighted by Gasteiger charge is -2.36. The number of nitrogens with one attached hydrogen (secondary N) is 1. The van der Waals surface area contributed by atoms with E-state index >= 15 is 0 Å². The van der Waals surface area contributed by atoms with Gasteiger partial charge in [-0.05, 0) is 6.54 Å². The average Bonchev–Trinajstić information content (AvgIpc) is 1.95. The number of piperidine rings is 1. The van der Waals surface area contributed by atoms with Gasteiger partial charge in [0.05, 0.1) is 13.2 Å². The van der Waals surface area contributed by atoms with Gasteiger partial charge in [0.1, 0.15) is 0 Å². The molecule has 11 heavy (non-hydrogen) atoms. The van der Waals surface area contributed by atoms with Crippen molar-refractivity contribution in [1.82, 2.24) is 5.32 Å². The second kappa shape index (κ2) is 2.64. The molecule has 1 rings (SSSR count). The molecule has 0 bridgehead atoms. The van der Waals surface area contributed by atoms with Gasteiger partial charge in [-0.1, -0.05) is 0 Å². The highest BCUT2D eigenvalue weighted by Gasteiger charge is 2.55. The van der Waals surface area contributed by atoms with Crippen LogP contribution in [0.2, 0.25) is 0 Å². The molecule has 0 aromatic rings. The molecule has 1 heterocycles. The van der Waals surface area contributed by atoms with E-state index in [0.717, 1.165) is 0 Å². The molecule has 1 atom stereocenters. The Morgan fingerprint density at radius 2 is 2.00 bits per heavy atom. The standard InChI is InChI=1S/C6H10F3NO/c7-5(4-11)1-2-10-3-6(5,8)9/h10-11H,1-4H2. The number of alkyl halides is 3. The van der Waals surface area contributed by atoms with Crippen molar-refractivity contribution in [3.63, 3.8) is 0 Å². The van der Waals surface area contributed by atoms with Gasteiger partial charge in [0.25, 0.3) is 5.92 Å². The van der Waals surface area contributed by atoms with Gasteiger partial charge in [-0.3, -0.25) is 0 Å². The Labute approximate surface area is 62.4 Å². The van der Waals surface area contributed by atoms with Crippen LogP contribution in [0.1, 0.15) is 6.42 Å². The number of aliphatic hydroxyl groups is 1. The average molecular weight is 169 g/mol. The van der Waals surface area contributed by atoms with Gasteiger partial charge >= 0.3 is 0 Å². The fourth-order valence-corrected chi connectivity index (χ4v) is 1.07. The molecule has 0 aromatic heterocycles. The van der Waals surface area contributed by atoms with Gasteiger partial charge < -0.3 is 10.4 Å². The van der Waals surface area contributed by atoms with Crippen molar-refractivity contribution in [2.75, 3.05) is 19.7 Å². The lowest BCUT2D eigenvalue weighted by molar-refractivity contribution is -0.169.